The zero-order valence-electron chi connectivity index (χ0n) is 10.1. The summed E-state index contributed by atoms with van der Waals surface area (Å²) in [6, 6.07) is 0.518. The third kappa shape index (κ3) is 4.94. The average molecular weight is 229 g/mol. The second-order valence-electron chi connectivity index (χ2n) is 4.42. The maximum absolute atomic E-state index is 10.8. The fourth-order valence-electron chi connectivity index (χ4n) is 2.06. The zero-order valence-corrected chi connectivity index (χ0v) is 10.1. The molecule has 0 aromatic rings. The van der Waals surface area contributed by atoms with Gasteiger partial charge < -0.3 is 15.2 Å². The van der Waals surface area contributed by atoms with Crippen LogP contribution in [-0.2, 0) is 9.53 Å². The lowest BCUT2D eigenvalue weighted by atomic mass is 10.0. The number of aliphatic carboxylic acids is 1. The van der Waals surface area contributed by atoms with Gasteiger partial charge >= 0.3 is 5.97 Å². The molecule has 0 spiro atoms. The highest BCUT2D eigenvalue weighted by Crippen LogP contribution is 2.11. The summed E-state index contributed by atoms with van der Waals surface area (Å²) in [5.74, 6) is -0.835. The molecule has 16 heavy (non-hydrogen) atoms. The van der Waals surface area contributed by atoms with Crippen LogP contribution in [0.5, 0.6) is 0 Å². The predicted molar refractivity (Wildman–Crippen MR) is 62.5 cm³/mol. The fraction of sp³-hybridized carbons (Fsp3) is 0.917. The van der Waals surface area contributed by atoms with Crippen LogP contribution in [0.2, 0.25) is 0 Å². The Kier molecular flexibility index (Phi) is 6.42. The average Bonchev–Trinajstić information content (AvgIpc) is 2.29. The van der Waals surface area contributed by atoms with Gasteiger partial charge in [-0.1, -0.05) is 19.8 Å². The van der Waals surface area contributed by atoms with Crippen molar-refractivity contribution < 1.29 is 14.6 Å². The molecule has 0 bridgehead atoms. The molecule has 94 valence electrons. The van der Waals surface area contributed by atoms with Gasteiger partial charge in [0.25, 0.3) is 0 Å². The Morgan fingerprint density at radius 1 is 1.56 bits per heavy atom. The zero-order chi connectivity index (χ0) is 11.8. The van der Waals surface area contributed by atoms with E-state index in [2.05, 4.69) is 5.32 Å². The van der Waals surface area contributed by atoms with Crippen LogP contribution in [-0.4, -0.2) is 36.4 Å². The van der Waals surface area contributed by atoms with Crippen LogP contribution in [0.4, 0.5) is 0 Å². The van der Waals surface area contributed by atoms with Crippen molar-refractivity contribution in [2.45, 2.75) is 57.6 Å². The first kappa shape index (κ1) is 13.5. The highest BCUT2D eigenvalue weighted by molar-refractivity contribution is 5.72. The lowest BCUT2D eigenvalue weighted by molar-refractivity contribution is -0.151. The Bertz CT molecular complexity index is 202. The van der Waals surface area contributed by atoms with Gasteiger partial charge in [0.15, 0.2) is 6.10 Å². The van der Waals surface area contributed by atoms with Gasteiger partial charge in [0.2, 0.25) is 0 Å². The summed E-state index contributed by atoms with van der Waals surface area (Å²) in [4.78, 5) is 10.8. The van der Waals surface area contributed by atoms with Crippen LogP contribution >= 0.6 is 0 Å². The van der Waals surface area contributed by atoms with Crippen molar-refractivity contribution in [2.75, 3.05) is 13.2 Å². The van der Waals surface area contributed by atoms with Gasteiger partial charge in [-0.3, -0.25) is 0 Å². The second kappa shape index (κ2) is 7.63. The minimum atomic E-state index is -0.835. The molecule has 1 heterocycles. The van der Waals surface area contributed by atoms with E-state index in [1.54, 1.807) is 0 Å². The molecule has 1 aliphatic rings. The monoisotopic (exact) mass is 229 g/mol. The van der Waals surface area contributed by atoms with Gasteiger partial charge in [-0.15, -0.1) is 0 Å². The van der Waals surface area contributed by atoms with Crippen LogP contribution in [0.3, 0.4) is 0 Å². The lowest BCUT2D eigenvalue weighted by Crippen LogP contribution is -2.35. The Hall–Kier alpha value is -0.610. The van der Waals surface area contributed by atoms with Gasteiger partial charge in [0.05, 0.1) is 0 Å². The smallest absolute Gasteiger partial charge is 0.332 e. The van der Waals surface area contributed by atoms with Crippen molar-refractivity contribution in [2.24, 2.45) is 0 Å². The first-order chi connectivity index (χ1) is 7.74. The molecule has 0 aromatic heterocycles. The number of rotatable bonds is 7. The summed E-state index contributed by atoms with van der Waals surface area (Å²) >= 11 is 0. The lowest BCUT2D eigenvalue weighted by Gasteiger charge is -2.23. The van der Waals surface area contributed by atoms with E-state index in [4.69, 9.17) is 9.84 Å². The molecule has 2 unspecified atom stereocenters. The van der Waals surface area contributed by atoms with E-state index in [1.807, 2.05) is 6.92 Å². The summed E-state index contributed by atoms with van der Waals surface area (Å²) in [7, 11) is 0. The second-order valence-corrected chi connectivity index (χ2v) is 4.42. The molecule has 0 amide bonds. The van der Waals surface area contributed by atoms with Crippen molar-refractivity contribution >= 4 is 5.97 Å². The summed E-state index contributed by atoms with van der Waals surface area (Å²) in [5, 5.41) is 12.3. The Morgan fingerprint density at radius 2 is 2.38 bits per heavy atom. The number of carboxylic acid groups (broad SMARTS) is 1. The molecule has 0 saturated carbocycles. The predicted octanol–water partition coefficient (Wildman–Crippen LogP) is 1.79. The maximum atomic E-state index is 10.8. The number of ether oxygens (including phenoxy) is 1. The van der Waals surface area contributed by atoms with Gasteiger partial charge in [-0.05, 0) is 32.2 Å². The van der Waals surface area contributed by atoms with Crippen molar-refractivity contribution in [1.29, 1.82) is 0 Å². The summed E-state index contributed by atoms with van der Waals surface area (Å²) < 4.78 is 5.41. The Morgan fingerprint density at radius 3 is 2.94 bits per heavy atom. The highest BCUT2D eigenvalue weighted by Gasteiger charge is 2.18. The number of carbonyl (C=O) groups is 1. The van der Waals surface area contributed by atoms with E-state index in [1.165, 1.54) is 19.3 Å². The molecule has 2 N–H and O–H groups in total. The van der Waals surface area contributed by atoms with E-state index in [0.717, 1.165) is 19.4 Å². The largest absolute Gasteiger partial charge is 0.479 e. The summed E-state index contributed by atoms with van der Waals surface area (Å²) in [6.45, 7) is 3.61. The molecule has 1 rings (SSSR count). The molecule has 0 radical (unpaired) electrons. The number of hydrogen-bond acceptors (Lipinski definition) is 3. The van der Waals surface area contributed by atoms with Crippen LogP contribution < -0.4 is 5.32 Å². The molecule has 2 atom stereocenters. The summed E-state index contributed by atoms with van der Waals surface area (Å²) in [5.41, 5.74) is 0. The van der Waals surface area contributed by atoms with Crippen molar-refractivity contribution in [1.82, 2.24) is 5.32 Å². The van der Waals surface area contributed by atoms with E-state index in [-0.39, 0.29) is 0 Å². The third-order valence-electron chi connectivity index (χ3n) is 3.02. The molecular formula is C12H23NO3. The maximum Gasteiger partial charge on any atom is 0.332 e. The minimum absolute atomic E-state index is 0.518. The van der Waals surface area contributed by atoms with E-state index in [9.17, 15) is 4.79 Å². The topological polar surface area (TPSA) is 58.6 Å². The molecule has 1 fully saturated rings. The molecule has 4 heteroatoms. The van der Waals surface area contributed by atoms with Crippen LogP contribution in [0.15, 0.2) is 0 Å². The molecule has 1 saturated heterocycles. The quantitative estimate of drug-likeness (QED) is 0.698. The van der Waals surface area contributed by atoms with E-state index < -0.39 is 12.1 Å². The summed E-state index contributed by atoms with van der Waals surface area (Å²) in [6.07, 6.45) is 5.47. The molecule has 4 nitrogen and oxygen atoms in total. The number of piperidine rings is 1. The first-order valence-electron chi connectivity index (χ1n) is 6.31. The minimum Gasteiger partial charge on any atom is -0.479 e. The SMILES string of the molecule is CCCC(OCCC1CCCCN1)C(=O)O. The van der Waals surface area contributed by atoms with Gasteiger partial charge in [-0.25, -0.2) is 4.79 Å². The molecule has 0 aromatic carbocycles. The fourth-order valence-corrected chi connectivity index (χ4v) is 2.06. The normalized spacial score (nSPS) is 22.9. The van der Waals surface area contributed by atoms with E-state index >= 15 is 0 Å². The Labute approximate surface area is 97.4 Å². The van der Waals surface area contributed by atoms with E-state index in [0.29, 0.717) is 19.1 Å². The molecular weight excluding hydrogens is 206 g/mol. The standard InChI is InChI=1S/C12H23NO3/c1-2-5-11(12(14)15)16-9-7-10-6-3-4-8-13-10/h10-11,13H,2-9H2,1H3,(H,14,15). The number of nitrogens with one attached hydrogen (secondary N) is 1. The molecule has 1 aliphatic heterocycles. The van der Waals surface area contributed by atoms with Crippen LogP contribution in [0.1, 0.15) is 45.4 Å². The molecule has 0 aliphatic carbocycles. The van der Waals surface area contributed by atoms with Crippen molar-refractivity contribution in [3.05, 3.63) is 0 Å². The van der Waals surface area contributed by atoms with Crippen LogP contribution in [0.25, 0.3) is 0 Å². The van der Waals surface area contributed by atoms with Crippen molar-refractivity contribution in [3.63, 3.8) is 0 Å². The van der Waals surface area contributed by atoms with Gasteiger partial charge in [-0.2, -0.15) is 0 Å². The third-order valence-corrected chi connectivity index (χ3v) is 3.02. The number of carboxylic acids is 1. The van der Waals surface area contributed by atoms with Gasteiger partial charge in [0.1, 0.15) is 0 Å². The van der Waals surface area contributed by atoms with Crippen molar-refractivity contribution in [3.8, 4) is 0 Å². The highest BCUT2D eigenvalue weighted by atomic mass is 16.5. The Balaban J connectivity index is 2.13. The number of hydrogen-bond donors (Lipinski definition) is 2. The van der Waals surface area contributed by atoms with Crippen LogP contribution in [0, 0.1) is 0 Å². The van der Waals surface area contributed by atoms with Gasteiger partial charge in [0, 0.05) is 12.6 Å². The first-order valence-corrected chi connectivity index (χ1v) is 6.31.